The monoisotopic (exact) mass is 618 g/mol. The number of thiophene rings is 1. The van der Waals surface area contributed by atoms with Crippen LogP contribution in [0.1, 0.15) is 18.1 Å². The molecule has 2 atom stereocenters. The van der Waals surface area contributed by atoms with Gasteiger partial charge in [0.05, 0.1) is 12.3 Å². The first-order valence-electron chi connectivity index (χ1n) is 12.1. The zero-order valence-electron chi connectivity index (χ0n) is 21.7. The predicted molar refractivity (Wildman–Crippen MR) is 146 cm³/mol. The minimum atomic E-state index is -4.89. The van der Waals surface area contributed by atoms with Gasteiger partial charge in [0, 0.05) is 50.8 Å². The standard InChI is InChI=1S/C25H29F3N4O5S3/c1-24(33,25(26,27)28)20-7-9-21(10-8-20)32-13-12-30(40(36,37)23-6-4-14-38-23)17-22(32)18-31(39(2,34)35)16-19-5-3-11-29-15-19/h3-11,14-15,22,33H,12-13,16-18H2,1-2H3/t22-,24-/m1/s1. The number of hydrogen-bond donors (Lipinski definition) is 1. The molecule has 0 spiro atoms. The number of piperazine rings is 1. The average molecular weight is 619 g/mol. The van der Waals surface area contributed by atoms with Gasteiger partial charge < -0.3 is 10.0 Å². The highest BCUT2D eigenvalue weighted by Crippen LogP contribution is 2.39. The predicted octanol–water partition coefficient (Wildman–Crippen LogP) is 3.25. The van der Waals surface area contributed by atoms with Crippen LogP contribution >= 0.6 is 11.3 Å². The number of rotatable bonds is 9. The number of nitrogens with zero attached hydrogens (tertiary/aromatic N) is 4. The molecule has 1 aliphatic heterocycles. The van der Waals surface area contributed by atoms with E-state index in [1.165, 1.54) is 45.1 Å². The van der Waals surface area contributed by atoms with Gasteiger partial charge in [-0.25, -0.2) is 16.8 Å². The van der Waals surface area contributed by atoms with Crippen molar-refractivity contribution in [2.75, 3.05) is 37.3 Å². The molecule has 3 heterocycles. The second-order valence-corrected chi connectivity index (χ2v) is 14.8. The third kappa shape index (κ3) is 6.50. The molecule has 40 heavy (non-hydrogen) atoms. The molecule has 1 fully saturated rings. The Morgan fingerprint density at radius 3 is 2.33 bits per heavy atom. The van der Waals surface area contributed by atoms with Crippen molar-refractivity contribution in [2.45, 2.75) is 35.5 Å². The van der Waals surface area contributed by atoms with E-state index >= 15 is 0 Å². The van der Waals surface area contributed by atoms with Gasteiger partial charge in [-0.15, -0.1) is 11.3 Å². The number of hydrogen-bond acceptors (Lipinski definition) is 8. The van der Waals surface area contributed by atoms with Crippen molar-refractivity contribution in [1.29, 1.82) is 0 Å². The van der Waals surface area contributed by atoms with Crippen molar-refractivity contribution >= 4 is 37.1 Å². The zero-order valence-corrected chi connectivity index (χ0v) is 24.1. The van der Waals surface area contributed by atoms with Crippen LogP contribution in [0.4, 0.5) is 18.9 Å². The molecular formula is C25H29F3N4O5S3. The highest BCUT2D eigenvalue weighted by molar-refractivity contribution is 7.91. The largest absolute Gasteiger partial charge is 0.421 e. The minimum absolute atomic E-state index is 0.00206. The molecule has 2 aromatic heterocycles. The summed E-state index contributed by atoms with van der Waals surface area (Å²) in [5, 5.41) is 11.7. The molecule has 3 aromatic rings. The van der Waals surface area contributed by atoms with Crippen LogP contribution in [0, 0.1) is 0 Å². The number of aliphatic hydroxyl groups is 1. The fourth-order valence-corrected chi connectivity index (χ4v) is 7.91. The Bertz CT molecular complexity index is 1500. The van der Waals surface area contributed by atoms with Crippen LogP contribution < -0.4 is 4.90 Å². The van der Waals surface area contributed by atoms with Crippen LogP contribution in [0.5, 0.6) is 0 Å². The molecule has 0 amide bonds. The molecule has 0 aliphatic carbocycles. The Morgan fingerprint density at radius 1 is 1.07 bits per heavy atom. The number of benzene rings is 1. The van der Waals surface area contributed by atoms with Crippen molar-refractivity contribution in [3.8, 4) is 0 Å². The van der Waals surface area contributed by atoms with E-state index in [1.54, 1.807) is 34.7 Å². The summed E-state index contributed by atoms with van der Waals surface area (Å²) in [7, 11) is -7.59. The lowest BCUT2D eigenvalue weighted by Crippen LogP contribution is -2.58. The van der Waals surface area contributed by atoms with Crippen LogP contribution in [0.25, 0.3) is 0 Å². The van der Waals surface area contributed by atoms with E-state index in [4.69, 9.17) is 0 Å². The summed E-state index contributed by atoms with van der Waals surface area (Å²) in [6.07, 6.45) is -0.730. The van der Waals surface area contributed by atoms with Crippen molar-refractivity contribution in [3.63, 3.8) is 0 Å². The Balaban J connectivity index is 1.68. The van der Waals surface area contributed by atoms with Crippen LogP contribution in [-0.4, -0.2) is 80.2 Å². The zero-order chi connectivity index (χ0) is 29.3. The molecule has 0 saturated carbocycles. The molecule has 1 aliphatic rings. The molecule has 0 unspecified atom stereocenters. The summed E-state index contributed by atoms with van der Waals surface area (Å²) in [6, 6.07) is 11.0. The first-order valence-corrected chi connectivity index (χ1v) is 16.3. The van der Waals surface area contributed by atoms with Gasteiger partial charge in [-0.05, 0) is 47.7 Å². The maximum absolute atomic E-state index is 13.4. The maximum Gasteiger partial charge on any atom is 0.421 e. The topological polar surface area (TPSA) is 111 Å². The van der Waals surface area contributed by atoms with Crippen LogP contribution in [0.15, 0.2) is 70.5 Å². The molecular weight excluding hydrogens is 589 g/mol. The van der Waals surface area contributed by atoms with E-state index in [2.05, 4.69) is 4.98 Å². The van der Waals surface area contributed by atoms with Crippen molar-refractivity contribution in [1.82, 2.24) is 13.6 Å². The van der Waals surface area contributed by atoms with Gasteiger partial charge in [0.2, 0.25) is 10.0 Å². The number of halogens is 3. The summed E-state index contributed by atoms with van der Waals surface area (Å²) >= 11 is 1.08. The lowest BCUT2D eigenvalue weighted by molar-refractivity contribution is -0.258. The Kier molecular flexibility index (Phi) is 8.64. The highest BCUT2D eigenvalue weighted by Gasteiger charge is 2.51. The Labute approximate surface area is 235 Å². The molecule has 9 nitrogen and oxygen atoms in total. The molecule has 0 radical (unpaired) electrons. The normalized spacial score (nSPS) is 19.1. The van der Waals surface area contributed by atoms with E-state index in [-0.39, 0.29) is 42.5 Å². The second-order valence-electron chi connectivity index (χ2n) is 9.68. The number of alkyl halides is 3. The lowest BCUT2D eigenvalue weighted by atomic mass is 9.95. The third-order valence-corrected chi connectivity index (χ3v) is 11.3. The number of pyridine rings is 1. The van der Waals surface area contributed by atoms with Crippen molar-refractivity contribution in [2.24, 2.45) is 0 Å². The number of anilines is 1. The minimum Gasteiger partial charge on any atom is -0.376 e. The van der Waals surface area contributed by atoms with E-state index in [1.807, 2.05) is 0 Å². The van der Waals surface area contributed by atoms with E-state index in [0.717, 1.165) is 17.6 Å². The van der Waals surface area contributed by atoms with Gasteiger partial charge in [-0.1, -0.05) is 24.3 Å². The smallest absolute Gasteiger partial charge is 0.376 e. The van der Waals surface area contributed by atoms with Gasteiger partial charge >= 0.3 is 6.18 Å². The fourth-order valence-electron chi connectivity index (χ4n) is 4.47. The second kappa shape index (κ2) is 11.4. The first-order chi connectivity index (χ1) is 18.6. The summed E-state index contributed by atoms with van der Waals surface area (Å²) in [6.45, 7) is 0.770. The molecule has 218 valence electrons. The fraction of sp³-hybridized carbons (Fsp3) is 0.400. The Hall–Kier alpha value is -2.56. The molecule has 4 rings (SSSR count). The third-order valence-electron chi connectivity index (χ3n) is 6.81. The quantitative estimate of drug-likeness (QED) is 0.392. The number of sulfonamides is 2. The molecule has 0 bridgehead atoms. The average Bonchev–Trinajstić information content (AvgIpc) is 3.44. The maximum atomic E-state index is 13.4. The van der Waals surface area contributed by atoms with Gasteiger partial charge in [0.1, 0.15) is 4.21 Å². The first kappa shape index (κ1) is 30.4. The molecule has 1 saturated heterocycles. The molecule has 15 heteroatoms. The molecule has 1 aromatic carbocycles. The van der Waals surface area contributed by atoms with E-state index in [0.29, 0.717) is 18.2 Å². The van der Waals surface area contributed by atoms with Gasteiger partial charge in [0.15, 0.2) is 5.60 Å². The van der Waals surface area contributed by atoms with Gasteiger partial charge in [-0.2, -0.15) is 21.8 Å². The summed E-state index contributed by atoms with van der Waals surface area (Å²) < 4.78 is 94.9. The van der Waals surface area contributed by atoms with Gasteiger partial charge in [0.25, 0.3) is 10.0 Å². The number of aromatic nitrogens is 1. The van der Waals surface area contributed by atoms with Crippen molar-refractivity contribution < 1.29 is 35.1 Å². The van der Waals surface area contributed by atoms with Crippen molar-refractivity contribution in [3.05, 3.63) is 77.4 Å². The molecule has 1 N–H and O–H groups in total. The van der Waals surface area contributed by atoms with Crippen LogP contribution in [0.2, 0.25) is 0 Å². The highest BCUT2D eigenvalue weighted by atomic mass is 32.2. The summed E-state index contributed by atoms with van der Waals surface area (Å²) in [5.74, 6) is 0. The van der Waals surface area contributed by atoms with E-state index < -0.39 is 37.9 Å². The van der Waals surface area contributed by atoms with Crippen LogP contribution in [0.3, 0.4) is 0 Å². The van der Waals surface area contributed by atoms with Gasteiger partial charge in [-0.3, -0.25) is 4.98 Å². The summed E-state index contributed by atoms with van der Waals surface area (Å²) in [5.41, 5.74) is -2.31. The SMILES string of the molecule is C[C@@](O)(c1ccc(N2CCN(S(=O)(=O)c3cccs3)C[C@@H]2CN(Cc2cccnc2)S(C)(=O)=O)cc1)C(F)(F)F. The van der Waals surface area contributed by atoms with Crippen LogP contribution in [-0.2, 0) is 32.2 Å². The lowest BCUT2D eigenvalue weighted by Gasteiger charge is -2.43. The van der Waals surface area contributed by atoms with E-state index in [9.17, 15) is 35.1 Å². The Morgan fingerprint density at radius 2 is 1.77 bits per heavy atom. The summed E-state index contributed by atoms with van der Waals surface area (Å²) in [4.78, 5) is 5.81.